The fraction of sp³-hybridized carbons (Fsp3) is 0.167. The molecule has 0 fully saturated rings. The quantitative estimate of drug-likeness (QED) is 0.629. The van der Waals surface area contributed by atoms with Crippen LogP contribution in [0.2, 0.25) is 5.02 Å². The Morgan fingerprint density at radius 3 is 2.92 bits per heavy atom. The molecule has 3 rings (SSSR count). The van der Waals surface area contributed by atoms with E-state index < -0.39 is 0 Å². The normalized spacial score (nSPS) is 11.6. The molecule has 0 aliphatic carbocycles. The Morgan fingerprint density at radius 2 is 2.16 bits per heavy atom. The fourth-order valence-corrected chi connectivity index (χ4v) is 2.84. The van der Waals surface area contributed by atoms with Gasteiger partial charge in [-0.1, -0.05) is 29.7 Å². The van der Waals surface area contributed by atoms with Crippen LogP contribution in [0, 0.1) is 11.8 Å². The van der Waals surface area contributed by atoms with Crippen LogP contribution in [0.4, 0.5) is 11.6 Å². The summed E-state index contributed by atoms with van der Waals surface area (Å²) in [5.41, 5.74) is 6.87. The molecule has 0 spiro atoms. The van der Waals surface area contributed by atoms with Crippen molar-refractivity contribution >= 4 is 34.0 Å². The van der Waals surface area contributed by atoms with E-state index in [4.69, 9.17) is 17.3 Å². The molecule has 0 amide bonds. The molecular formula is C18H16ClN5O. The molecule has 25 heavy (non-hydrogen) atoms. The molecule has 1 aromatic carbocycles. The van der Waals surface area contributed by atoms with E-state index >= 15 is 0 Å². The van der Waals surface area contributed by atoms with Crippen LogP contribution >= 0.6 is 11.6 Å². The number of H-pyrrole nitrogens is 1. The first-order valence-corrected chi connectivity index (χ1v) is 8.00. The molecule has 0 bridgehead atoms. The molecule has 0 saturated heterocycles. The van der Waals surface area contributed by atoms with E-state index in [2.05, 4.69) is 32.1 Å². The maximum Gasteiger partial charge on any atom is 0.257 e. The number of hydrogen-bond donors (Lipinski definition) is 3. The van der Waals surface area contributed by atoms with Crippen molar-refractivity contribution in [2.75, 3.05) is 11.1 Å². The number of rotatable bonds is 3. The number of nitrogens with zero attached hydrogens (tertiary/aromatic N) is 2. The Hall–Kier alpha value is -3.04. The van der Waals surface area contributed by atoms with Gasteiger partial charge in [-0.25, -0.2) is 9.97 Å². The number of benzene rings is 1. The van der Waals surface area contributed by atoms with Crippen molar-refractivity contribution in [2.24, 2.45) is 0 Å². The van der Waals surface area contributed by atoms with Crippen molar-refractivity contribution in [3.05, 3.63) is 57.2 Å². The highest BCUT2D eigenvalue weighted by atomic mass is 35.5. The van der Waals surface area contributed by atoms with Gasteiger partial charge < -0.3 is 16.0 Å². The standard InChI is InChI=1S/C18H16ClN5O/c1-3-5-12-16(20)21-9-22-17(12)23-10(2)14-8-11-6-4-7-13(19)15(11)18(25)24-14/h4,6-10H,1-2H3,(H,24,25)(H3,20,21,22,23). The minimum absolute atomic E-state index is 0.234. The Kier molecular flexibility index (Phi) is 4.59. The summed E-state index contributed by atoms with van der Waals surface area (Å²) in [7, 11) is 0. The van der Waals surface area contributed by atoms with Gasteiger partial charge in [-0.15, -0.1) is 5.92 Å². The van der Waals surface area contributed by atoms with Crippen LogP contribution in [0.1, 0.15) is 31.1 Å². The smallest absolute Gasteiger partial charge is 0.257 e. The van der Waals surface area contributed by atoms with Gasteiger partial charge >= 0.3 is 0 Å². The van der Waals surface area contributed by atoms with E-state index in [-0.39, 0.29) is 11.6 Å². The second-order valence-corrected chi connectivity index (χ2v) is 5.89. The van der Waals surface area contributed by atoms with Gasteiger partial charge in [-0.2, -0.15) is 0 Å². The maximum atomic E-state index is 12.4. The van der Waals surface area contributed by atoms with E-state index in [1.54, 1.807) is 13.0 Å². The Bertz CT molecular complexity index is 1060. The molecule has 7 heteroatoms. The van der Waals surface area contributed by atoms with Gasteiger partial charge in [0.15, 0.2) is 0 Å². The molecule has 0 aliphatic rings. The summed E-state index contributed by atoms with van der Waals surface area (Å²) in [4.78, 5) is 23.4. The van der Waals surface area contributed by atoms with Crippen molar-refractivity contribution < 1.29 is 0 Å². The van der Waals surface area contributed by atoms with Crippen LogP contribution in [0.3, 0.4) is 0 Å². The number of nitrogens with two attached hydrogens (primary N) is 1. The van der Waals surface area contributed by atoms with E-state index in [0.29, 0.717) is 33.3 Å². The van der Waals surface area contributed by atoms with Gasteiger partial charge in [0, 0.05) is 5.69 Å². The topological polar surface area (TPSA) is 96.7 Å². The number of anilines is 2. The van der Waals surface area contributed by atoms with E-state index in [9.17, 15) is 4.79 Å². The number of aromatic nitrogens is 3. The first-order valence-electron chi connectivity index (χ1n) is 7.62. The lowest BCUT2D eigenvalue weighted by Crippen LogP contribution is -2.17. The number of halogens is 1. The van der Waals surface area contributed by atoms with Crippen molar-refractivity contribution in [1.82, 2.24) is 15.0 Å². The van der Waals surface area contributed by atoms with Gasteiger partial charge in [0.2, 0.25) is 0 Å². The zero-order valence-corrected chi connectivity index (χ0v) is 14.5. The minimum Gasteiger partial charge on any atom is -0.382 e. The van der Waals surface area contributed by atoms with Crippen LogP contribution in [0.25, 0.3) is 10.8 Å². The predicted molar refractivity (Wildman–Crippen MR) is 101 cm³/mol. The highest BCUT2D eigenvalue weighted by Gasteiger charge is 2.14. The molecule has 0 saturated carbocycles. The average molecular weight is 354 g/mol. The molecule has 2 heterocycles. The highest BCUT2D eigenvalue weighted by Crippen LogP contribution is 2.24. The average Bonchev–Trinajstić information content (AvgIpc) is 2.57. The largest absolute Gasteiger partial charge is 0.382 e. The summed E-state index contributed by atoms with van der Waals surface area (Å²) >= 11 is 6.12. The molecule has 0 radical (unpaired) electrons. The third-order valence-electron chi connectivity index (χ3n) is 3.79. The van der Waals surface area contributed by atoms with Gasteiger partial charge in [-0.3, -0.25) is 4.79 Å². The summed E-state index contributed by atoms with van der Waals surface area (Å²) in [6, 6.07) is 7.01. The van der Waals surface area contributed by atoms with Gasteiger partial charge in [-0.05, 0) is 31.4 Å². The Balaban J connectivity index is 2.01. The molecule has 2 aromatic heterocycles. The molecule has 3 aromatic rings. The molecular weight excluding hydrogens is 338 g/mol. The summed E-state index contributed by atoms with van der Waals surface area (Å²) < 4.78 is 0. The van der Waals surface area contributed by atoms with Crippen LogP contribution in [-0.2, 0) is 0 Å². The summed E-state index contributed by atoms with van der Waals surface area (Å²) in [6.07, 6.45) is 1.37. The zero-order valence-electron chi connectivity index (χ0n) is 13.7. The minimum atomic E-state index is -0.234. The summed E-state index contributed by atoms with van der Waals surface area (Å²) in [5, 5.41) is 4.90. The molecule has 4 N–H and O–H groups in total. The number of fused-ring (bicyclic) bond motifs is 1. The van der Waals surface area contributed by atoms with Crippen molar-refractivity contribution in [2.45, 2.75) is 19.9 Å². The molecule has 126 valence electrons. The maximum absolute atomic E-state index is 12.4. The SMILES string of the molecule is CC#Cc1c(N)ncnc1NC(C)c1cc2cccc(Cl)c2c(=O)[nH]1. The number of nitrogens with one attached hydrogen (secondary N) is 2. The van der Waals surface area contributed by atoms with Crippen LogP contribution in [0.15, 0.2) is 35.4 Å². The predicted octanol–water partition coefficient (Wildman–Crippen LogP) is 3.10. The number of aromatic amines is 1. The van der Waals surface area contributed by atoms with Crippen molar-refractivity contribution in [3.63, 3.8) is 0 Å². The van der Waals surface area contributed by atoms with E-state index in [1.165, 1.54) is 6.33 Å². The van der Waals surface area contributed by atoms with Crippen molar-refractivity contribution in [1.29, 1.82) is 0 Å². The third-order valence-corrected chi connectivity index (χ3v) is 4.10. The first kappa shape index (κ1) is 16.8. The van der Waals surface area contributed by atoms with E-state index in [0.717, 1.165) is 5.39 Å². The van der Waals surface area contributed by atoms with E-state index in [1.807, 2.05) is 25.1 Å². The van der Waals surface area contributed by atoms with Crippen LogP contribution in [-0.4, -0.2) is 15.0 Å². The van der Waals surface area contributed by atoms with Crippen LogP contribution < -0.4 is 16.6 Å². The second kappa shape index (κ2) is 6.83. The molecule has 1 unspecified atom stereocenters. The second-order valence-electron chi connectivity index (χ2n) is 5.48. The molecule has 6 nitrogen and oxygen atoms in total. The van der Waals surface area contributed by atoms with Gasteiger partial charge in [0.05, 0.1) is 16.5 Å². The fourth-order valence-electron chi connectivity index (χ4n) is 2.57. The number of hydrogen-bond acceptors (Lipinski definition) is 5. The van der Waals surface area contributed by atoms with Gasteiger partial charge in [0.25, 0.3) is 5.56 Å². The lowest BCUT2D eigenvalue weighted by Gasteiger charge is -2.17. The molecule has 1 atom stereocenters. The monoisotopic (exact) mass is 353 g/mol. The molecule has 0 aliphatic heterocycles. The highest BCUT2D eigenvalue weighted by molar-refractivity contribution is 6.35. The first-order chi connectivity index (χ1) is 12.0. The number of nitrogen functional groups attached to an aromatic ring is 1. The number of pyridine rings is 1. The zero-order chi connectivity index (χ0) is 18.0. The summed E-state index contributed by atoms with van der Waals surface area (Å²) in [5.74, 6) is 6.51. The Labute approximate surface area is 149 Å². The Morgan fingerprint density at radius 1 is 1.36 bits per heavy atom. The third kappa shape index (κ3) is 3.28. The summed E-state index contributed by atoms with van der Waals surface area (Å²) in [6.45, 7) is 3.62. The lowest BCUT2D eigenvalue weighted by atomic mass is 10.1. The van der Waals surface area contributed by atoms with Crippen LogP contribution in [0.5, 0.6) is 0 Å². The lowest BCUT2D eigenvalue weighted by molar-refractivity contribution is 0.827. The van der Waals surface area contributed by atoms with Gasteiger partial charge in [0.1, 0.15) is 23.5 Å². The van der Waals surface area contributed by atoms with Crippen molar-refractivity contribution in [3.8, 4) is 11.8 Å².